The molecular formula is C24H24N4O4S. The van der Waals surface area contributed by atoms with E-state index in [0.29, 0.717) is 46.9 Å². The van der Waals surface area contributed by atoms with Crippen molar-refractivity contribution in [2.75, 3.05) is 31.0 Å². The summed E-state index contributed by atoms with van der Waals surface area (Å²) in [4.78, 5) is 31.9. The first-order chi connectivity index (χ1) is 16.2. The van der Waals surface area contributed by atoms with Crippen molar-refractivity contribution in [2.45, 2.75) is 23.9 Å². The SMILES string of the molecule is O=C(CSc1ncccc1C(=O)N1CCC(n2cccc2)CC1)Nc1ccc2c(c1)OCO2. The van der Waals surface area contributed by atoms with E-state index in [9.17, 15) is 9.59 Å². The number of benzene rings is 1. The number of piperidine rings is 1. The van der Waals surface area contributed by atoms with Crippen LogP contribution in [0, 0.1) is 0 Å². The highest BCUT2D eigenvalue weighted by Crippen LogP contribution is 2.34. The predicted octanol–water partition coefficient (Wildman–Crippen LogP) is 3.82. The molecule has 1 aromatic carbocycles. The Morgan fingerprint density at radius 2 is 1.85 bits per heavy atom. The van der Waals surface area contributed by atoms with Crippen molar-refractivity contribution in [3.05, 3.63) is 66.6 Å². The van der Waals surface area contributed by atoms with Gasteiger partial charge in [0.15, 0.2) is 11.5 Å². The maximum atomic E-state index is 13.2. The highest BCUT2D eigenvalue weighted by Gasteiger charge is 2.26. The lowest BCUT2D eigenvalue weighted by Gasteiger charge is -2.33. The van der Waals surface area contributed by atoms with Crippen molar-refractivity contribution in [3.8, 4) is 11.5 Å². The van der Waals surface area contributed by atoms with Gasteiger partial charge in [-0.1, -0.05) is 11.8 Å². The van der Waals surface area contributed by atoms with Gasteiger partial charge < -0.3 is 24.3 Å². The number of aromatic nitrogens is 2. The molecule has 0 spiro atoms. The third-order valence-corrected chi connectivity index (χ3v) is 6.80. The second-order valence-corrected chi connectivity index (χ2v) is 8.88. The molecule has 1 N–H and O–H groups in total. The minimum Gasteiger partial charge on any atom is -0.454 e. The molecule has 5 rings (SSSR count). The Morgan fingerprint density at radius 1 is 1.06 bits per heavy atom. The number of pyridine rings is 1. The number of hydrogen-bond donors (Lipinski definition) is 1. The molecule has 2 amide bonds. The van der Waals surface area contributed by atoms with E-state index in [0.717, 1.165) is 12.8 Å². The third-order valence-electron chi connectivity index (χ3n) is 5.80. The fourth-order valence-electron chi connectivity index (χ4n) is 4.10. The molecule has 0 aliphatic carbocycles. The number of rotatable bonds is 6. The van der Waals surface area contributed by atoms with Crippen LogP contribution in [0.5, 0.6) is 11.5 Å². The zero-order chi connectivity index (χ0) is 22.6. The van der Waals surface area contributed by atoms with Crippen molar-refractivity contribution in [2.24, 2.45) is 0 Å². The maximum absolute atomic E-state index is 13.2. The molecule has 170 valence electrons. The van der Waals surface area contributed by atoms with Crippen LogP contribution >= 0.6 is 11.8 Å². The molecule has 1 fully saturated rings. The van der Waals surface area contributed by atoms with Gasteiger partial charge in [-0.2, -0.15) is 0 Å². The molecule has 0 unspecified atom stereocenters. The molecule has 33 heavy (non-hydrogen) atoms. The fraction of sp³-hybridized carbons (Fsp3) is 0.292. The van der Waals surface area contributed by atoms with E-state index in [-0.39, 0.29) is 24.4 Å². The first-order valence-electron chi connectivity index (χ1n) is 10.9. The van der Waals surface area contributed by atoms with Gasteiger partial charge in [-0.05, 0) is 49.2 Å². The van der Waals surface area contributed by atoms with Gasteiger partial charge >= 0.3 is 0 Å². The van der Waals surface area contributed by atoms with Crippen LogP contribution in [0.4, 0.5) is 5.69 Å². The van der Waals surface area contributed by atoms with Crippen molar-refractivity contribution in [1.29, 1.82) is 0 Å². The molecule has 0 radical (unpaired) electrons. The highest BCUT2D eigenvalue weighted by atomic mass is 32.2. The summed E-state index contributed by atoms with van der Waals surface area (Å²) in [6, 6.07) is 13.3. The number of anilines is 1. The zero-order valence-corrected chi connectivity index (χ0v) is 18.8. The number of nitrogens with one attached hydrogen (secondary N) is 1. The lowest BCUT2D eigenvalue weighted by atomic mass is 10.0. The maximum Gasteiger partial charge on any atom is 0.256 e. The van der Waals surface area contributed by atoms with E-state index in [1.807, 2.05) is 17.0 Å². The lowest BCUT2D eigenvalue weighted by Crippen LogP contribution is -2.39. The van der Waals surface area contributed by atoms with Crippen LogP contribution in [0.3, 0.4) is 0 Å². The topological polar surface area (TPSA) is 85.7 Å². The molecular weight excluding hydrogens is 440 g/mol. The molecule has 2 aliphatic heterocycles. The van der Waals surface area contributed by atoms with Crippen LogP contribution in [0.2, 0.25) is 0 Å². The molecule has 2 aliphatic rings. The zero-order valence-electron chi connectivity index (χ0n) is 18.0. The molecule has 0 saturated carbocycles. The molecule has 0 atom stereocenters. The Balaban J connectivity index is 1.18. The highest BCUT2D eigenvalue weighted by molar-refractivity contribution is 8.00. The number of amides is 2. The van der Waals surface area contributed by atoms with Crippen LogP contribution in [0.25, 0.3) is 0 Å². The molecule has 9 heteroatoms. The van der Waals surface area contributed by atoms with Gasteiger partial charge in [0.1, 0.15) is 5.03 Å². The summed E-state index contributed by atoms with van der Waals surface area (Å²) in [5.74, 6) is 1.19. The van der Waals surface area contributed by atoms with E-state index in [1.165, 1.54) is 11.8 Å². The largest absolute Gasteiger partial charge is 0.454 e. The summed E-state index contributed by atoms with van der Waals surface area (Å²) in [7, 11) is 0. The van der Waals surface area contributed by atoms with Crippen LogP contribution in [-0.2, 0) is 4.79 Å². The first-order valence-corrected chi connectivity index (χ1v) is 11.8. The molecule has 4 heterocycles. The number of carbonyl (C=O) groups excluding carboxylic acids is 2. The fourth-order valence-corrected chi connectivity index (χ4v) is 4.89. The van der Waals surface area contributed by atoms with Crippen molar-refractivity contribution >= 4 is 29.3 Å². The van der Waals surface area contributed by atoms with Crippen LogP contribution in [0.1, 0.15) is 29.2 Å². The molecule has 0 bridgehead atoms. The first kappa shape index (κ1) is 21.4. The van der Waals surface area contributed by atoms with E-state index in [1.54, 1.807) is 36.5 Å². The van der Waals surface area contributed by atoms with Crippen molar-refractivity contribution in [3.63, 3.8) is 0 Å². The average molecular weight is 465 g/mol. The van der Waals surface area contributed by atoms with Gasteiger partial charge in [0.25, 0.3) is 5.91 Å². The lowest BCUT2D eigenvalue weighted by molar-refractivity contribution is -0.113. The van der Waals surface area contributed by atoms with E-state index in [2.05, 4.69) is 27.3 Å². The van der Waals surface area contributed by atoms with Crippen LogP contribution in [-0.4, -0.2) is 51.9 Å². The second kappa shape index (κ2) is 9.58. The van der Waals surface area contributed by atoms with Gasteiger partial charge in [-0.3, -0.25) is 9.59 Å². The van der Waals surface area contributed by atoms with Crippen LogP contribution in [0.15, 0.2) is 66.1 Å². The minimum absolute atomic E-state index is 0.0345. The monoisotopic (exact) mass is 464 g/mol. The molecule has 8 nitrogen and oxygen atoms in total. The number of thioether (sulfide) groups is 1. The summed E-state index contributed by atoms with van der Waals surface area (Å²) in [5, 5.41) is 3.42. The Bertz CT molecular complexity index is 1140. The average Bonchev–Trinajstić information content (AvgIpc) is 3.55. The van der Waals surface area contributed by atoms with Gasteiger partial charge in [0, 0.05) is 49.5 Å². The van der Waals surface area contributed by atoms with Crippen LogP contribution < -0.4 is 14.8 Å². The number of hydrogen-bond acceptors (Lipinski definition) is 6. The Kier molecular flexibility index (Phi) is 6.21. The number of fused-ring (bicyclic) bond motifs is 1. The summed E-state index contributed by atoms with van der Waals surface area (Å²) >= 11 is 1.26. The molecule has 3 aromatic rings. The van der Waals surface area contributed by atoms with E-state index in [4.69, 9.17) is 9.47 Å². The Labute approximate surface area is 195 Å². The molecule has 1 saturated heterocycles. The molecule has 2 aromatic heterocycles. The van der Waals surface area contributed by atoms with Gasteiger partial charge in [0.2, 0.25) is 12.7 Å². The number of nitrogens with zero attached hydrogens (tertiary/aromatic N) is 3. The Morgan fingerprint density at radius 3 is 2.67 bits per heavy atom. The Hall–Kier alpha value is -3.46. The van der Waals surface area contributed by atoms with Gasteiger partial charge in [-0.25, -0.2) is 4.98 Å². The number of carbonyl (C=O) groups is 2. The number of likely N-dealkylation sites (tertiary alicyclic amines) is 1. The number of ether oxygens (including phenoxy) is 2. The van der Waals surface area contributed by atoms with Gasteiger partial charge in [-0.15, -0.1) is 0 Å². The summed E-state index contributed by atoms with van der Waals surface area (Å²) in [5.41, 5.74) is 1.17. The van der Waals surface area contributed by atoms with Crippen molar-refractivity contribution in [1.82, 2.24) is 14.5 Å². The smallest absolute Gasteiger partial charge is 0.256 e. The second-order valence-electron chi connectivity index (χ2n) is 7.91. The van der Waals surface area contributed by atoms with Crippen molar-refractivity contribution < 1.29 is 19.1 Å². The van der Waals surface area contributed by atoms with E-state index >= 15 is 0 Å². The van der Waals surface area contributed by atoms with E-state index < -0.39 is 0 Å². The summed E-state index contributed by atoms with van der Waals surface area (Å²) in [6.07, 6.45) is 7.63. The summed E-state index contributed by atoms with van der Waals surface area (Å²) in [6.45, 7) is 1.58. The quantitative estimate of drug-likeness (QED) is 0.558. The minimum atomic E-state index is -0.185. The normalized spacial score (nSPS) is 15.5. The van der Waals surface area contributed by atoms with Gasteiger partial charge in [0.05, 0.1) is 11.3 Å². The summed E-state index contributed by atoms with van der Waals surface area (Å²) < 4.78 is 12.8. The standard InChI is InChI=1S/C24H24N4O4S/c29-22(26-17-5-6-20-21(14-17)32-16-31-20)15-33-23-19(4-3-9-25-23)24(30)28-12-7-18(8-13-28)27-10-1-2-11-27/h1-6,9-11,14,18H,7-8,12-13,15-16H2,(H,26,29). The predicted molar refractivity (Wildman–Crippen MR) is 125 cm³/mol. The third kappa shape index (κ3) is 4.83.